The number of carbonyl (C=O) groups excluding carboxylic acids is 1. The van der Waals surface area contributed by atoms with Gasteiger partial charge in [0.05, 0.1) is 0 Å². The molecular weight excluding hydrogens is 266 g/mol. The van der Waals surface area contributed by atoms with Crippen LogP contribution in [0.25, 0.3) is 0 Å². The lowest BCUT2D eigenvalue weighted by Crippen LogP contribution is -2.46. The second-order valence-electron chi connectivity index (χ2n) is 7.48. The molecule has 0 spiro atoms. The molecule has 2 unspecified atom stereocenters. The predicted octanol–water partition coefficient (Wildman–Crippen LogP) is 2.17. The van der Waals surface area contributed by atoms with Crippen LogP contribution in [0.3, 0.4) is 0 Å². The van der Waals surface area contributed by atoms with Crippen molar-refractivity contribution in [1.82, 2.24) is 15.1 Å². The van der Waals surface area contributed by atoms with Crippen molar-refractivity contribution in [1.29, 1.82) is 0 Å². The number of hydrogen-bond donors (Lipinski definition) is 1. The minimum absolute atomic E-state index is 0.244. The van der Waals surface area contributed by atoms with E-state index >= 15 is 0 Å². The molecule has 0 aliphatic carbocycles. The lowest BCUT2D eigenvalue weighted by molar-refractivity contribution is 0.0276. The normalized spacial score (nSPS) is 21.9. The fourth-order valence-electron chi connectivity index (χ4n) is 2.65. The Morgan fingerprint density at radius 2 is 2.14 bits per heavy atom. The van der Waals surface area contributed by atoms with Gasteiger partial charge in [-0.2, -0.15) is 0 Å². The van der Waals surface area contributed by atoms with Crippen LogP contribution >= 0.6 is 0 Å². The van der Waals surface area contributed by atoms with Crippen molar-refractivity contribution in [2.45, 2.75) is 52.2 Å². The number of hydrogen-bond acceptors (Lipinski definition) is 4. The first-order valence-corrected chi connectivity index (χ1v) is 8.03. The summed E-state index contributed by atoms with van der Waals surface area (Å²) in [5.74, 6) is 0.412. The molecule has 2 atom stereocenters. The van der Waals surface area contributed by atoms with Crippen LogP contribution in [0.15, 0.2) is 0 Å². The Bertz CT molecular complexity index is 328. The average molecular weight is 299 g/mol. The van der Waals surface area contributed by atoms with Gasteiger partial charge in [0, 0.05) is 26.2 Å². The third-order valence-electron chi connectivity index (χ3n) is 3.67. The van der Waals surface area contributed by atoms with Crippen LogP contribution in [0.5, 0.6) is 0 Å². The smallest absolute Gasteiger partial charge is 0.410 e. The molecule has 1 aliphatic rings. The standard InChI is InChI=1S/C16H33N3O2/c1-13(10-17-14-8-7-9-18(5)12-14)11-19(6)15(20)21-16(2,3)4/h13-14,17H,7-12H2,1-6H3. The summed E-state index contributed by atoms with van der Waals surface area (Å²) in [4.78, 5) is 16.0. The minimum Gasteiger partial charge on any atom is -0.444 e. The van der Waals surface area contributed by atoms with Gasteiger partial charge in [0.2, 0.25) is 0 Å². The van der Waals surface area contributed by atoms with Gasteiger partial charge in [0.1, 0.15) is 5.60 Å². The highest BCUT2D eigenvalue weighted by molar-refractivity contribution is 5.67. The largest absolute Gasteiger partial charge is 0.444 e. The highest BCUT2D eigenvalue weighted by Gasteiger charge is 2.21. The van der Waals surface area contributed by atoms with E-state index in [-0.39, 0.29) is 6.09 Å². The van der Waals surface area contributed by atoms with Crippen LogP contribution in [0.2, 0.25) is 0 Å². The molecule has 1 N–H and O–H groups in total. The molecule has 0 radical (unpaired) electrons. The number of nitrogens with one attached hydrogen (secondary N) is 1. The van der Waals surface area contributed by atoms with Gasteiger partial charge < -0.3 is 19.9 Å². The van der Waals surface area contributed by atoms with Crippen LogP contribution in [0, 0.1) is 5.92 Å². The first-order valence-electron chi connectivity index (χ1n) is 8.03. The Morgan fingerprint density at radius 3 is 2.71 bits per heavy atom. The van der Waals surface area contributed by atoms with Crippen molar-refractivity contribution in [2.24, 2.45) is 5.92 Å². The van der Waals surface area contributed by atoms with Crippen molar-refractivity contribution in [3.63, 3.8) is 0 Å². The maximum Gasteiger partial charge on any atom is 0.410 e. The maximum absolute atomic E-state index is 11.9. The van der Waals surface area contributed by atoms with Crippen LogP contribution in [-0.2, 0) is 4.74 Å². The summed E-state index contributed by atoms with van der Waals surface area (Å²) in [5.41, 5.74) is -0.431. The summed E-state index contributed by atoms with van der Waals surface area (Å²) in [6.07, 6.45) is 2.27. The topological polar surface area (TPSA) is 44.8 Å². The molecule has 0 saturated carbocycles. The van der Waals surface area contributed by atoms with Crippen LogP contribution < -0.4 is 5.32 Å². The van der Waals surface area contributed by atoms with E-state index in [9.17, 15) is 4.79 Å². The molecule has 5 heteroatoms. The molecule has 0 aromatic rings. The summed E-state index contributed by atoms with van der Waals surface area (Å²) in [5, 5.41) is 3.62. The van der Waals surface area contributed by atoms with E-state index < -0.39 is 5.60 Å². The molecule has 1 amide bonds. The van der Waals surface area contributed by atoms with Gasteiger partial charge in [-0.15, -0.1) is 0 Å². The first kappa shape index (κ1) is 18.2. The van der Waals surface area contributed by atoms with Gasteiger partial charge in [-0.3, -0.25) is 0 Å². The van der Waals surface area contributed by atoms with Gasteiger partial charge >= 0.3 is 6.09 Å². The molecule has 124 valence electrons. The van der Waals surface area contributed by atoms with Gasteiger partial charge in [0.25, 0.3) is 0 Å². The SMILES string of the molecule is CC(CNC1CCCN(C)C1)CN(C)C(=O)OC(C)(C)C. The number of piperidine rings is 1. The zero-order valence-corrected chi connectivity index (χ0v) is 14.6. The minimum atomic E-state index is -0.431. The third-order valence-corrected chi connectivity index (χ3v) is 3.67. The molecule has 0 aromatic carbocycles. The summed E-state index contributed by atoms with van der Waals surface area (Å²) in [7, 11) is 3.98. The zero-order chi connectivity index (χ0) is 16.0. The third kappa shape index (κ3) is 7.67. The number of rotatable bonds is 5. The predicted molar refractivity (Wildman–Crippen MR) is 86.5 cm³/mol. The highest BCUT2D eigenvalue weighted by atomic mass is 16.6. The first-order chi connectivity index (χ1) is 9.67. The van der Waals surface area contributed by atoms with Crippen molar-refractivity contribution < 1.29 is 9.53 Å². The summed E-state index contributed by atoms with van der Waals surface area (Å²) in [6.45, 7) is 11.8. The molecular formula is C16H33N3O2. The number of nitrogens with zero attached hydrogens (tertiary/aromatic N) is 2. The molecule has 0 bridgehead atoms. The molecule has 1 aliphatic heterocycles. The Kier molecular flexibility index (Phi) is 6.94. The van der Waals surface area contributed by atoms with Crippen LogP contribution in [0.4, 0.5) is 4.79 Å². The second-order valence-corrected chi connectivity index (χ2v) is 7.48. The maximum atomic E-state index is 11.9. The lowest BCUT2D eigenvalue weighted by Gasteiger charge is -2.32. The molecule has 1 fully saturated rings. The highest BCUT2D eigenvalue weighted by Crippen LogP contribution is 2.11. The van der Waals surface area contributed by atoms with Gasteiger partial charge in [-0.1, -0.05) is 6.92 Å². The zero-order valence-electron chi connectivity index (χ0n) is 14.6. The number of likely N-dealkylation sites (N-methyl/N-ethyl adjacent to an activating group) is 1. The second kappa shape index (κ2) is 7.99. The van der Waals surface area contributed by atoms with Gasteiger partial charge in [-0.25, -0.2) is 4.79 Å². The van der Waals surface area contributed by atoms with E-state index in [2.05, 4.69) is 24.2 Å². The van der Waals surface area contributed by atoms with E-state index in [1.165, 1.54) is 19.4 Å². The van der Waals surface area contributed by atoms with Crippen molar-refractivity contribution in [3.05, 3.63) is 0 Å². The summed E-state index contributed by atoms with van der Waals surface area (Å²) < 4.78 is 5.37. The van der Waals surface area contributed by atoms with Crippen LogP contribution in [-0.4, -0.2) is 67.8 Å². The van der Waals surface area contributed by atoms with Crippen LogP contribution in [0.1, 0.15) is 40.5 Å². The summed E-state index contributed by atoms with van der Waals surface area (Å²) in [6, 6.07) is 0.582. The Labute approximate surface area is 130 Å². The monoisotopic (exact) mass is 299 g/mol. The fraction of sp³-hybridized carbons (Fsp3) is 0.938. The van der Waals surface area contributed by atoms with Crippen molar-refractivity contribution in [3.8, 4) is 0 Å². The van der Waals surface area contributed by atoms with Gasteiger partial charge in [0.15, 0.2) is 0 Å². The van der Waals surface area contributed by atoms with E-state index in [1.54, 1.807) is 11.9 Å². The van der Waals surface area contributed by atoms with Crippen molar-refractivity contribution >= 4 is 6.09 Å². The number of carbonyl (C=O) groups is 1. The van der Waals surface area contributed by atoms with Gasteiger partial charge in [-0.05, 0) is 59.7 Å². The molecule has 1 saturated heterocycles. The average Bonchev–Trinajstić information content (AvgIpc) is 2.34. The fourth-order valence-corrected chi connectivity index (χ4v) is 2.65. The summed E-state index contributed by atoms with van der Waals surface area (Å²) >= 11 is 0. The van der Waals surface area contributed by atoms with E-state index in [0.717, 1.165) is 13.1 Å². The number of ether oxygens (including phenoxy) is 1. The molecule has 21 heavy (non-hydrogen) atoms. The van der Waals surface area contributed by atoms with E-state index in [4.69, 9.17) is 4.74 Å². The molecule has 0 aromatic heterocycles. The molecule has 1 heterocycles. The molecule has 5 nitrogen and oxygen atoms in total. The molecule has 1 rings (SSSR count). The van der Waals surface area contributed by atoms with E-state index in [1.807, 2.05) is 20.8 Å². The number of amides is 1. The quantitative estimate of drug-likeness (QED) is 0.845. The van der Waals surface area contributed by atoms with E-state index in [0.29, 0.717) is 18.5 Å². The Morgan fingerprint density at radius 1 is 1.48 bits per heavy atom. The van der Waals surface area contributed by atoms with Crippen molar-refractivity contribution in [2.75, 3.05) is 40.3 Å². The Hall–Kier alpha value is -0.810. The lowest BCUT2D eigenvalue weighted by atomic mass is 10.1. The Balaban J connectivity index is 2.26. The number of likely N-dealkylation sites (tertiary alicyclic amines) is 1.